The zero-order chi connectivity index (χ0) is 13.8. The number of nitrogens with one attached hydrogen (secondary N) is 2. The van der Waals surface area contributed by atoms with Crippen LogP contribution in [0.1, 0.15) is 42.9 Å². The van der Waals surface area contributed by atoms with Gasteiger partial charge in [0.2, 0.25) is 0 Å². The molecule has 5 heteroatoms. The molecule has 106 valence electrons. The summed E-state index contributed by atoms with van der Waals surface area (Å²) in [7, 11) is 0. The Hall–Kier alpha value is -1.36. The van der Waals surface area contributed by atoms with Gasteiger partial charge in [0.1, 0.15) is 5.69 Å². The van der Waals surface area contributed by atoms with Crippen LogP contribution in [-0.2, 0) is 6.54 Å². The molecule has 1 aromatic rings. The van der Waals surface area contributed by atoms with Gasteiger partial charge in [-0.1, -0.05) is 0 Å². The van der Waals surface area contributed by atoms with Gasteiger partial charge < -0.3 is 10.6 Å². The second-order valence-corrected chi connectivity index (χ2v) is 5.36. The highest BCUT2D eigenvalue weighted by molar-refractivity contribution is 5.92. The highest BCUT2D eigenvalue weighted by Crippen LogP contribution is 2.15. The first-order valence-corrected chi connectivity index (χ1v) is 7.17. The van der Waals surface area contributed by atoms with Crippen molar-refractivity contribution < 1.29 is 4.79 Å². The van der Waals surface area contributed by atoms with Crippen LogP contribution in [0.3, 0.4) is 0 Å². The highest BCUT2D eigenvalue weighted by Gasteiger charge is 2.23. The van der Waals surface area contributed by atoms with Crippen LogP contribution in [0.25, 0.3) is 0 Å². The van der Waals surface area contributed by atoms with E-state index in [0.29, 0.717) is 11.6 Å². The molecule has 2 atom stereocenters. The molecule has 0 radical (unpaired) electrons. The SMILES string of the molecule is CCn1nc(C)cc1C(=O)NC(C)C1CCCNC1. The van der Waals surface area contributed by atoms with Crippen LogP contribution in [0.15, 0.2) is 6.07 Å². The molecule has 0 aromatic carbocycles. The first-order valence-electron chi connectivity index (χ1n) is 7.17. The van der Waals surface area contributed by atoms with Crippen LogP contribution < -0.4 is 10.6 Å². The third-order valence-corrected chi connectivity index (χ3v) is 3.84. The maximum Gasteiger partial charge on any atom is 0.269 e. The van der Waals surface area contributed by atoms with E-state index in [2.05, 4.69) is 22.7 Å². The Morgan fingerprint density at radius 1 is 1.68 bits per heavy atom. The summed E-state index contributed by atoms with van der Waals surface area (Å²) >= 11 is 0. The molecular weight excluding hydrogens is 240 g/mol. The Labute approximate surface area is 114 Å². The van der Waals surface area contributed by atoms with E-state index in [-0.39, 0.29) is 11.9 Å². The monoisotopic (exact) mass is 264 g/mol. The summed E-state index contributed by atoms with van der Waals surface area (Å²) in [5, 5.41) is 10.8. The number of rotatable bonds is 4. The maximum atomic E-state index is 12.3. The Bertz CT molecular complexity index is 435. The van der Waals surface area contributed by atoms with Crippen molar-refractivity contribution in [2.24, 2.45) is 5.92 Å². The van der Waals surface area contributed by atoms with Gasteiger partial charge in [0.15, 0.2) is 0 Å². The lowest BCUT2D eigenvalue weighted by atomic mass is 9.93. The van der Waals surface area contributed by atoms with Gasteiger partial charge in [0.05, 0.1) is 5.69 Å². The van der Waals surface area contributed by atoms with Gasteiger partial charge in [-0.3, -0.25) is 9.48 Å². The average molecular weight is 264 g/mol. The zero-order valence-corrected chi connectivity index (χ0v) is 12.1. The smallest absolute Gasteiger partial charge is 0.269 e. The van der Waals surface area contributed by atoms with Gasteiger partial charge >= 0.3 is 0 Å². The van der Waals surface area contributed by atoms with Crippen molar-refractivity contribution in [3.8, 4) is 0 Å². The molecule has 0 aliphatic carbocycles. The summed E-state index contributed by atoms with van der Waals surface area (Å²) in [6, 6.07) is 2.05. The van der Waals surface area contributed by atoms with Crippen LogP contribution in [0.4, 0.5) is 0 Å². The van der Waals surface area contributed by atoms with Crippen molar-refractivity contribution in [3.05, 3.63) is 17.5 Å². The fraction of sp³-hybridized carbons (Fsp3) is 0.714. The number of hydrogen-bond donors (Lipinski definition) is 2. The summed E-state index contributed by atoms with van der Waals surface area (Å²) in [5.41, 5.74) is 1.55. The topological polar surface area (TPSA) is 59.0 Å². The number of hydrogen-bond acceptors (Lipinski definition) is 3. The van der Waals surface area contributed by atoms with E-state index >= 15 is 0 Å². The molecular formula is C14H24N4O. The van der Waals surface area contributed by atoms with E-state index in [4.69, 9.17) is 0 Å². The molecule has 2 unspecified atom stereocenters. The van der Waals surface area contributed by atoms with Gasteiger partial charge in [-0.25, -0.2) is 0 Å². The number of carbonyl (C=O) groups is 1. The van der Waals surface area contributed by atoms with Crippen molar-refractivity contribution in [3.63, 3.8) is 0 Å². The fourth-order valence-corrected chi connectivity index (χ4v) is 2.67. The molecule has 1 saturated heterocycles. The minimum absolute atomic E-state index is 0.0134. The quantitative estimate of drug-likeness (QED) is 0.862. The first-order chi connectivity index (χ1) is 9.11. The minimum Gasteiger partial charge on any atom is -0.348 e. The molecule has 2 rings (SSSR count). The van der Waals surface area contributed by atoms with Gasteiger partial charge in [-0.05, 0) is 58.7 Å². The minimum atomic E-state index is -0.0134. The Balaban J connectivity index is 1.99. The third-order valence-electron chi connectivity index (χ3n) is 3.84. The number of aryl methyl sites for hydroxylation is 2. The first kappa shape index (κ1) is 14.1. The molecule has 0 bridgehead atoms. The normalized spacial score (nSPS) is 21.1. The van der Waals surface area contributed by atoms with Crippen molar-refractivity contribution in [1.29, 1.82) is 0 Å². The molecule has 5 nitrogen and oxygen atoms in total. The third kappa shape index (κ3) is 3.35. The van der Waals surface area contributed by atoms with Crippen LogP contribution in [0, 0.1) is 12.8 Å². The predicted octanol–water partition coefficient (Wildman–Crippen LogP) is 1.33. The van der Waals surface area contributed by atoms with Crippen molar-refractivity contribution in [2.45, 2.75) is 46.2 Å². The van der Waals surface area contributed by atoms with Gasteiger partial charge in [0, 0.05) is 12.6 Å². The van der Waals surface area contributed by atoms with Crippen molar-refractivity contribution in [1.82, 2.24) is 20.4 Å². The highest BCUT2D eigenvalue weighted by atomic mass is 16.2. The number of carbonyl (C=O) groups excluding carboxylic acids is 1. The Morgan fingerprint density at radius 3 is 3.11 bits per heavy atom. The lowest BCUT2D eigenvalue weighted by Crippen LogP contribution is -2.45. The number of aromatic nitrogens is 2. The van der Waals surface area contributed by atoms with Crippen LogP contribution in [-0.4, -0.2) is 34.8 Å². The number of amides is 1. The second-order valence-electron chi connectivity index (χ2n) is 5.36. The molecule has 0 saturated carbocycles. The number of piperidine rings is 1. The largest absolute Gasteiger partial charge is 0.348 e. The molecule has 1 fully saturated rings. The summed E-state index contributed by atoms with van der Waals surface area (Å²) in [6.07, 6.45) is 2.37. The Morgan fingerprint density at radius 2 is 2.47 bits per heavy atom. The average Bonchev–Trinajstić information content (AvgIpc) is 2.81. The van der Waals surface area contributed by atoms with E-state index in [1.165, 1.54) is 12.8 Å². The van der Waals surface area contributed by atoms with E-state index < -0.39 is 0 Å². The fourth-order valence-electron chi connectivity index (χ4n) is 2.67. The van der Waals surface area contributed by atoms with Crippen LogP contribution >= 0.6 is 0 Å². The predicted molar refractivity (Wildman–Crippen MR) is 75.2 cm³/mol. The molecule has 0 spiro atoms. The van der Waals surface area contributed by atoms with Crippen molar-refractivity contribution >= 4 is 5.91 Å². The van der Waals surface area contributed by atoms with E-state index in [1.807, 2.05) is 19.9 Å². The summed E-state index contributed by atoms with van der Waals surface area (Å²) in [4.78, 5) is 12.3. The molecule has 1 aliphatic rings. The van der Waals surface area contributed by atoms with Crippen LogP contribution in [0.5, 0.6) is 0 Å². The molecule has 2 heterocycles. The zero-order valence-electron chi connectivity index (χ0n) is 12.1. The number of nitrogens with zero attached hydrogens (tertiary/aromatic N) is 2. The second kappa shape index (κ2) is 6.19. The van der Waals surface area contributed by atoms with Gasteiger partial charge in [-0.15, -0.1) is 0 Å². The van der Waals surface area contributed by atoms with E-state index in [0.717, 1.165) is 25.3 Å². The van der Waals surface area contributed by atoms with E-state index in [9.17, 15) is 4.79 Å². The summed E-state index contributed by atoms with van der Waals surface area (Å²) in [5.74, 6) is 0.511. The lowest BCUT2D eigenvalue weighted by Gasteiger charge is -2.28. The molecule has 1 amide bonds. The standard InChI is InChI=1S/C14H24N4O/c1-4-18-13(8-10(2)17-18)14(19)16-11(3)12-6-5-7-15-9-12/h8,11-12,15H,4-7,9H2,1-3H3,(H,16,19). The molecule has 19 heavy (non-hydrogen) atoms. The maximum absolute atomic E-state index is 12.3. The van der Waals surface area contributed by atoms with E-state index in [1.54, 1.807) is 4.68 Å². The van der Waals surface area contributed by atoms with Crippen LogP contribution in [0.2, 0.25) is 0 Å². The molecule has 1 aliphatic heterocycles. The lowest BCUT2D eigenvalue weighted by molar-refractivity contribution is 0.0911. The Kier molecular flexibility index (Phi) is 4.58. The van der Waals surface area contributed by atoms with Crippen molar-refractivity contribution in [2.75, 3.05) is 13.1 Å². The van der Waals surface area contributed by atoms with Gasteiger partial charge in [0.25, 0.3) is 5.91 Å². The molecule has 2 N–H and O–H groups in total. The molecule has 1 aromatic heterocycles. The van der Waals surface area contributed by atoms with Gasteiger partial charge in [-0.2, -0.15) is 5.10 Å². The summed E-state index contributed by atoms with van der Waals surface area (Å²) < 4.78 is 1.76. The summed E-state index contributed by atoms with van der Waals surface area (Å²) in [6.45, 7) is 8.81.